The van der Waals surface area contributed by atoms with Gasteiger partial charge in [-0.1, -0.05) is 63.3 Å². The van der Waals surface area contributed by atoms with Crippen LogP contribution in [0.1, 0.15) is 96.8 Å². The summed E-state index contributed by atoms with van der Waals surface area (Å²) in [5, 5.41) is 2.38. The molecular formula is C24H45N5O2. The Bertz CT molecular complexity index is 554. The molecule has 0 aromatic carbocycles. The minimum Gasteiger partial charge on any atom is -0.370 e. The van der Waals surface area contributed by atoms with Crippen LogP contribution in [0.4, 0.5) is 0 Å². The van der Waals surface area contributed by atoms with Gasteiger partial charge in [-0.2, -0.15) is 0 Å². The molecule has 0 bridgehead atoms. The monoisotopic (exact) mass is 435 g/mol. The maximum atomic E-state index is 11.9. The number of allylic oxidation sites excluding steroid dienone is 4. The molecule has 2 amide bonds. The van der Waals surface area contributed by atoms with Gasteiger partial charge in [0.05, 0.1) is 6.04 Å². The first-order valence-electron chi connectivity index (χ1n) is 11.9. The molecule has 0 rings (SSSR count). The van der Waals surface area contributed by atoms with Gasteiger partial charge < -0.3 is 17.2 Å². The summed E-state index contributed by atoms with van der Waals surface area (Å²) in [6.45, 7) is 2.65. The number of nitrogens with one attached hydrogen (secondary N) is 1. The lowest BCUT2D eigenvalue weighted by Crippen LogP contribution is -2.43. The second kappa shape index (κ2) is 21.1. The van der Waals surface area contributed by atoms with E-state index >= 15 is 0 Å². The van der Waals surface area contributed by atoms with Gasteiger partial charge in [-0.15, -0.1) is 0 Å². The van der Waals surface area contributed by atoms with Gasteiger partial charge >= 0.3 is 0 Å². The zero-order valence-corrected chi connectivity index (χ0v) is 19.5. The van der Waals surface area contributed by atoms with E-state index in [-0.39, 0.29) is 11.9 Å². The van der Waals surface area contributed by atoms with Gasteiger partial charge in [0, 0.05) is 13.0 Å². The molecule has 0 aliphatic heterocycles. The highest BCUT2D eigenvalue weighted by atomic mass is 16.2. The van der Waals surface area contributed by atoms with E-state index < -0.39 is 11.9 Å². The molecule has 0 aromatic heterocycles. The number of nitrogens with zero attached hydrogens (tertiary/aromatic N) is 1. The van der Waals surface area contributed by atoms with Crippen molar-refractivity contribution in [2.24, 2.45) is 22.2 Å². The Balaban J connectivity index is 3.57. The number of nitrogens with two attached hydrogens (primary N) is 3. The van der Waals surface area contributed by atoms with Crippen molar-refractivity contribution >= 4 is 17.8 Å². The SMILES string of the molecule is CCCCC/C=C\C/C=C\CCCCCCCC(=O)NC(=O)[C@@H](N)CCCN=C(N)N. The van der Waals surface area contributed by atoms with Gasteiger partial charge in [0.15, 0.2) is 5.96 Å². The molecule has 1 atom stereocenters. The molecule has 0 fully saturated rings. The highest BCUT2D eigenvalue weighted by Crippen LogP contribution is 2.08. The van der Waals surface area contributed by atoms with Crippen molar-refractivity contribution in [3.05, 3.63) is 24.3 Å². The number of hydrogen-bond acceptors (Lipinski definition) is 4. The third-order valence-corrected chi connectivity index (χ3v) is 4.92. The third-order valence-electron chi connectivity index (χ3n) is 4.92. The van der Waals surface area contributed by atoms with E-state index in [9.17, 15) is 9.59 Å². The van der Waals surface area contributed by atoms with E-state index in [1.807, 2.05) is 0 Å². The molecule has 7 N–H and O–H groups in total. The minimum absolute atomic E-state index is 0.0191. The van der Waals surface area contributed by atoms with Crippen LogP contribution in [0.5, 0.6) is 0 Å². The molecule has 0 spiro atoms. The first kappa shape index (κ1) is 28.9. The van der Waals surface area contributed by atoms with E-state index in [0.717, 1.165) is 32.1 Å². The molecule has 0 saturated heterocycles. The topological polar surface area (TPSA) is 137 Å². The summed E-state index contributed by atoms with van der Waals surface area (Å²) in [5.41, 5.74) is 16.2. The normalized spacial score (nSPS) is 12.3. The van der Waals surface area contributed by atoms with E-state index in [0.29, 0.717) is 25.8 Å². The number of imide groups is 1. The van der Waals surface area contributed by atoms with Crippen molar-refractivity contribution in [1.82, 2.24) is 5.32 Å². The molecule has 178 valence electrons. The number of aliphatic imine (C=N–C) groups is 1. The molecule has 31 heavy (non-hydrogen) atoms. The van der Waals surface area contributed by atoms with Gasteiger partial charge in [-0.3, -0.25) is 19.9 Å². The van der Waals surface area contributed by atoms with Crippen molar-refractivity contribution in [2.75, 3.05) is 6.54 Å². The standard InChI is InChI=1S/C24H45N5O2/c1-2-3-4-5-6-7-8-9-10-11-12-13-14-15-16-19-22(30)29-23(31)21(25)18-17-20-28-24(26)27/h6-7,9-10,21H,2-5,8,11-20,25H2,1H3,(H4,26,27,28)(H,29,30,31)/b7-6-,10-9-/t21-/m0/s1. The number of carbonyl (C=O) groups excluding carboxylic acids is 2. The quantitative estimate of drug-likeness (QED) is 0.106. The fourth-order valence-corrected chi connectivity index (χ4v) is 3.04. The number of hydrogen-bond donors (Lipinski definition) is 4. The van der Waals surface area contributed by atoms with Crippen LogP contribution in [0.15, 0.2) is 29.3 Å². The summed E-state index contributed by atoms with van der Waals surface area (Å²) < 4.78 is 0. The average Bonchev–Trinajstić information content (AvgIpc) is 2.73. The fourth-order valence-electron chi connectivity index (χ4n) is 3.04. The van der Waals surface area contributed by atoms with Gasteiger partial charge in [0.25, 0.3) is 0 Å². The maximum Gasteiger partial charge on any atom is 0.243 e. The lowest BCUT2D eigenvalue weighted by atomic mass is 10.1. The Morgan fingerprint density at radius 2 is 1.48 bits per heavy atom. The van der Waals surface area contributed by atoms with Crippen molar-refractivity contribution in [3.63, 3.8) is 0 Å². The van der Waals surface area contributed by atoms with Gasteiger partial charge in [-0.25, -0.2) is 0 Å². The Morgan fingerprint density at radius 1 is 0.871 bits per heavy atom. The summed E-state index contributed by atoms with van der Waals surface area (Å²) in [6, 6.07) is -0.720. The third kappa shape index (κ3) is 20.9. The lowest BCUT2D eigenvalue weighted by molar-refractivity contribution is -0.131. The first-order chi connectivity index (χ1) is 15.0. The van der Waals surface area contributed by atoms with Crippen LogP contribution in [0.2, 0.25) is 0 Å². The van der Waals surface area contributed by atoms with E-state index in [1.165, 1.54) is 38.5 Å². The molecule has 7 nitrogen and oxygen atoms in total. The largest absolute Gasteiger partial charge is 0.370 e. The van der Waals surface area contributed by atoms with Crippen LogP contribution in [-0.4, -0.2) is 30.4 Å². The van der Waals surface area contributed by atoms with Gasteiger partial charge in [0.1, 0.15) is 0 Å². The van der Waals surface area contributed by atoms with Crippen LogP contribution in [0.3, 0.4) is 0 Å². The van der Waals surface area contributed by atoms with Crippen molar-refractivity contribution in [2.45, 2.75) is 103 Å². The molecule has 0 unspecified atom stereocenters. The predicted octanol–water partition coefficient (Wildman–Crippen LogP) is 3.82. The number of unbranched alkanes of at least 4 members (excludes halogenated alkanes) is 8. The highest BCUT2D eigenvalue weighted by molar-refractivity contribution is 5.97. The molecule has 0 aliphatic carbocycles. The zero-order chi connectivity index (χ0) is 23.2. The van der Waals surface area contributed by atoms with Crippen LogP contribution >= 0.6 is 0 Å². The zero-order valence-electron chi connectivity index (χ0n) is 19.5. The maximum absolute atomic E-state index is 11.9. The Hall–Kier alpha value is -2.15. The number of carbonyl (C=O) groups is 2. The Kier molecular flexibility index (Phi) is 19.6. The van der Waals surface area contributed by atoms with Gasteiger partial charge in [-0.05, 0) is 51.4 Å². The summed E-state index contributed by atoms with van der Waals surface area (Å²) >= 11 is 0. The molecule has 0 saturated carbocycles. The first-order valence-corrected chi connectivity index (χ1v) is 11.9. The van der Waals surface area contributed by atoms with Crippen molar-refractivity contribution in [3.8, 4) is 0 Å². The number of amides is 2. The molecule has 0 heterocycles. The summed E-state index contributed by atoms with van der Waals surface area (Å²) in [5.74, 6) is -0.668. The van der Waals surface area contributed by atoms with Crippen LogP contribution in [0, 0.1) is 0 Å². The van der Waals surface area contributed by atoms with Crippen LogP contribution < -0.4 is 22.5 Å². The van der Waals surface area contributed by atoms with Gasteiger partial charge in [0.2, 0.25) is 11.8 Å². The summed E-state index contributed by atoms with van der Waals surface area (Å²) in [6.07, 6.45) is 22.9. The Labute approximate surface area is 189 Å². The van der Waals surface area contributed by atoms with Crippen LogP contribution in [-0.2, 0) is 9.59 Å². The molecule has 7 heteroatoms. The summed E-state index contributed by atoms with van der Waals surface area (Å²) in [4.78, 5) is 27.6. The van der Waals surface area contributed by atoms with E-state index in [2.05, 4.69) is 41.5 Å². The molecule has 0 aromatic rings. The Morgan fingerprint density at radius 3 is 2.13 bits per heavy atom. The predicted molar refractivity (Wildman–Crippen MR) is 130 cm³/mol. The number of rotatable bonds is 19. The van der Waals surface area contributed by atoms with Crippen LogP contribution in [0.25, 0.3) is 0 Å². The highest BCUT2D eigenvalue weighted by Gasteiger charge is 2.15. The van der Waals surface area contributed by atoms with Crippen molar-refractivity contribution in [1.29, 1.82) is 0 Å². The number of guanidine groups is 1. The second-order valence-electron chi connectivity index (χ2n) is 7.95. The minimum atomic E-state index is -0.720. The second-order valence-corrected chi connectivity index (χ2v) is 7.95. The smallest absolute Gasteiger partial charge is 0.243 e. The molecular weight excluding hydrogens is 390 g/mol. The summed E-state index contributed by atoms with van der Waals surface area (Å²) in [7, 11) is 0. The van der Waals surface area contributed by atoms with E-state index in [1.54, 1.807) is 0 Å². The average molecular weight is 436 g/mol. The van der Waals surface area contributed by atoms with Crippen molar-refractivity contribution < 1.29 is 9.59 Å². The fraction of sp³-hybridized carbons (Fsp3) is 0.708. The lowest BCUT2D eigenvalue weighted by Gasteiger charge is -2.10. The van der Waals surface area contributed by atoms with E-state index in [4.69, 9.17) is 17.2 Å². The molecule has 0 radical (unpaired) electrons. The molecule has 0 aliphatic rings.